The molecule has 0 spiro atoms. The fourth-order valence-corrected chi connectivity index (χ4v) is 0.846. The van der Waals surface area contributed by atoms with E-state index in [1.165, 1.54) is 19.3 Å². The summed E-state index contributed by atoms with van der Waals surface area (Å²) in [4.78, 5) is 0. The Morgan fingerprint density at radius 2 is 2.29 bits per heavy atom. The smallest absolute Gasteiger partial charge is 0.0210 e. The van der Waals surface area contributed by atoms with Crippen molar-refractivity contribution in [1.29, 1.82) is 0 Å². The molecule has 0 aromatic carbocycles. The van der Waals surface area contributed by atoms with Crippen molar-refractivity contribution in [1.82, 2.24) is 0 Å². The van der Waals surface area contributed by atoms with Crippen LogP contribution in [0, 0.1) is 5.92 Å². The predicted octanol–water partition coefficient (Wildman–Crippen LogP) is 2.18. The second kappa shape index (κ2) is 2.41. The molecule has 0 nitrogen and oxygen atoms in total. The first-order valence-corrected chi connectivity index (χ1v) is 3.34. The third-order valence-electron chi connectivity index (χ3n) is 1.39. The minimum atomic E-state index is 1.05. The Kier molecular flexibility index (Phi) is 1.80. The largest absolute Gasteiger partial charge is 0.0935 e. The van der Waals surface area contributed by atoms with Crippen molar-refractivity contribution in [3.05, 3.63) is 0 Å². The highest BCUT2D eigenvalue weighted by Crippen LogP contribution is 2.32. The van der Waals surface area contributed by atoms with Crippen LogP contribution in [0.25, 0.3) is 0 Å². The van der Waals surface area contributed by atoms with Crippen LogP contribution >= 0.6 is 12.2 Å². The Morgan fingerprint density at radius 3 is 2.71 bits per heavy atom. The van der Waals surface area contributed by atoms with E-state index in [0.29, 0.717) is 0 Å². The van der Waals surface area contributed by atoms with Gasteiger partial charge in [0.1, 0.15) is 0 Å². The van der Waals surface area contributed by atoms with Crippen LogP contribution in [0.2, 0.25) is 0 Å². The molecule has 0 atom stereocenters. The maximum absolute atomic E-state index is 4.67. The number of hydrogen-bond donors (Lipinski definition) is 0. The van der Waals surface area contributed by atoms with Crippen molar-refractivity contribution >= 4 is 17.6 Å². The van der Waals surface area contributed by atoms with Crippen molar-refractivity contribution in [2.24, 2.45) is 5.92 Å². The van der Waals surface area contributed by atoms with Gasteiger partial charge in [-0.3, -0.25) is 0 Å². The lowest BCUT2D eigenvalue weighted by atomic mass is 10.2. The third kappa shape index (κ3) is 2.03. The summed E-state index contributed by atoms with van der Waals surface area (Å²) in [7, 11) is 0. The molecule has 40 valence electrons. The molecule has 1 aliphatic rings. The average molecular weight is 114 g/mol. The van der Waals surface area contributed by atoms with Gasteiger partial charge in [-0.05, 0) is 24.1 Å². The standard InChI is InChI=1S/C6H10S/c7-5-1-2-6-3-4-6/h5-6H,1-4H2. The molecule has 0 amide bonds. The Bertz CT molecular complexity index is 64.6. The molecule has 0 saturated heterocycles. The van der Waals surface area contributed by atoms with E-state index in [1.54, 1.807) is 0 Å². The number of rotatable bonds is 3. The first-order chi connectivity index (χ1) is 3.43. The summed E-state index contributed by atoms with van der Waals surface area (Å²) < 4.78 is 0. The zero-order chi connectivity index (χ0) is 5.11. The second-order valence-corrected chi connectivity index (χ2v) is 2.52. The molecule has 0 aromatic heterocycles. The fourth-order valence-electron chi connectivity index (χ4n) is 0.710. The molecule has 0 aromatic rings. The van der Waals surface area contributed by atoms with E-state index in [0.717, 1.165) is 12.3 Å². The third-order valence-corrected chi connectivity index (χ3v) is 1.63. The molecule has 0 heterocycles. The van der Waals surface area contributed by atoms with Gasteiger partial charge in [0, 0.05) is 0 Å². The van der Waals surface area contributed by atoms with E-state index >= 15 is 0 Å². The molecule has 0 N–H and O–H groups in total. The van der Waals surface area contributed by atoms with E-state index < -0.39 is 0 Å². The Hall–Kier alpha value is 0.0900. The number of thiocarbonyl (C=S) groups is 1. The van der Waals surface area contributed by atoms with Crippen molar-refractivity contribution in [2.45, 2.75) is 25.7 Å². The van der Waals surface area contributed by atoms with Gasteiger partial charge >= 0.3 is 0 Å². The monoisotopic (exact) mass is 114 g/mol. The van der Waals surface area contributed by atoms with Gasteiger partial charge in [0.15, 0.2) is 0 Å². The minimum Gasteiger partial charge on any atom is -0.0935 e. The summed E-state index contributed by atoms with van der Waals surface area (Å²) in [5.41, 5.74) is 0. The van der Waals surface area contributed by atoms with Gasteiger partial charge < -0.3 is 0 Å². The first kappa shape index (κ1) is 5.23. The lowest BCUT2D eigenvalue weighted by molar-refractivity contribution is 0.767. The molecule has 1 saturated carbocycles. The van der Waals surface area contributed by atoms with Crippen LogP contribution < -0.4 is 0 Å². The molecule has 0 radical (unpaired) electrons. The van der Waals surface area contributed by atoms with Gasteiger partial charge in [0.05, 0.1) is 0 Å². The molecule has 7 heavy (non-hydrogen) atoms. The zero-order valence-corrected chi connectivity index (χ0v) is 5.21. The first-order valence-electron chi connectivity index (χ1n) is 2.87. The van der Waals surface area contributed by atoms with Gasteiger partial charge in [-0.2, -0.15) is 0 Å². The highest BCUT2D eigenvalue weighted by Gasteiger charge is 2.19. The Balaban J connectivity index is 1.88. The second-order valence-electron chi connectivity index (χ2n) is 2.19. The number of hydrogen-bond acceptors (Lipinski definition) is 1. The maximum Gasteiger partial charge on any atom is -0.0210 e. The van der Waals surface area contributed by atoms with E-state index in [2.05, 4.69) is 12.2 Å². The zero-order valence-electron chi connectivity index (χ0n) is 4.39. The maximum atomic E-state index is 4.67. The molecule has 0 bridgehead atoms. The van der Waals surface area contributed by atoms with Gasteiger partial charge in [0.2, 0.25) is 0 Å². The topological polar surface area (TPSA) is 0 Å². The van der Waals surface area contributed by atoms with Crippen LogP contribution in [0.1, 0.15) is 25.7 Å². The SMILES string of the molecule is S=CCCC1CC1. The Morgan fingerprint density at radius 1 is 1.57 bits per heavy atom. The van der Waals surface area contributed by atoms with Gasteiger partial charge in [-0.1, -0.05) is 25.1 Å². The van der Waals surface area contributed by atoms with Crippen molar-refractivity contribution in [3.63, 3.8) is 0 Å². The van der Waals surface area contributed by atoms with E-state index in [1.807, 2.05) is 5.37 Å². The Labute approximate surface area is 49.9 Å². The highest BCUT2D eigenvalue weighted by atomic mass is 32.1. The van der Waals surface area contributed by atoms with Crippen LogP contribution in [0.4, 0.5) is 0 Å². The van der Waals surface area contributed by atoms with E-state index in [9.17, 15) is 0 Å². The summed E-state index contributed by atoms with van der Waals surface area (Å²) in [5.74, 6) is 1.05. The summed E-state index contributed by atoms with van der Waals surface area (Å²) in [6.07, 6.45) is 5.43. The van der Waals surface area contributed by atoms with Crippen LogP contribution in [0.15, 0.2) is 0 Å². The van der Waals surface area contributed by atoms with Crippen LogP contribution in [0.3, 0.4) is 0 Å². The van der Waals surface area contributed by atoms with Crippen LogP contribution in [-0.2, 0) is 0 Å². The lowest BCUT2D eigenvalue weighted by Gasteiger charge is -1.84. The molecule has 1 aliphatic carbocycles. The quantitative estimate of drug-likeness (QED) is 0.507. The van der Waals surface area contributed by atoms with Gasteiger partial charge in [-0.25, -0.2) is 0 Å². The predicted molar refractivity (Wildman–Crippen MR) is 35.6 cm³/mol. The average Bonchev–Trinajstić information content (AvgIpc) is 2.42. The van der Waals surface area contributed by atoms with Crippen molar-refractivity contribution in [3.8, 4) is 0 Å². The fraction of sp³-hybridized carbons (Fsp3) is 0.833. The summed E-state index contributed by atoms with van der Waals surface area (Å²) in [5, 5.41) is 1.85. The molecule has 1 rings (SSSR count). The molecular formula is C6H10S. The van der Waals surface area contributed by atoms with Gasteiger partial charge in [-0.15, -0.1) is 0 Å². The summed E-state index contributed by atoms with van der Waals surface area (Å²) >= 11 is 4.67. The molecule has 1 heteroatoms. The van der Waals surface area contributed by atoms with Gasteiger partial charge in [0.25, 0.3) is 0 Å². The van der Waals surface area contributed by atoms with Crippen LogP contribution in [-0.4, -0.2) is 5.37 Å². The minimum absolute atomic E-state index is 1.05. The summed E-state index contributed by atoms with van der Waals surface area (Å²) in [6, 6.07) is 0. The summed E-state index contributed by atoms with van der Waals surface area (Å²) in [6.45, 7) is 0. The van der Waals surface area contributed by atoms with Crippen LogP contribution in [0.5, 0.6) is 0 Å². The molecule has 1 fully saturated rings. The lowest BCUT2D eigenvalue weighted by Crippen LogP contribution is -1.74. The molecule has 0 aliphatic heterocycles. The molecule has 0 unspecified atom stereocenters. The van der Waals surface area contributed by atoms with Crippen molar-refractivity contribution in [2.75, 3.05) is 0 Å². The van der Waals surface area contributed by atoms with E-state index in [4.69, 9.17) is 0 Å². The van der Waals surface area contributed by atoms with E-state index in [-0.39, 0.29) is 0 Å². The van der Waals surface area contributed by atoms with Crippen molar-refractivity contribution < 1.29 is 0 Å². The normalized spacial score (nSPS) is 19.4. The highest BCUT2D eigenvalue weighted by molar-refractivity contribution is 7.78. The molecular weight excluding hydrogens is 104 g/mol.